The summed E-state index contributed by atoms with van der Waals surface area (Å²) in [6.07, 6.45) is 15.7. The minimum atomic E-state index is -0.831. The molecule has 3 fully saturated rings. The van der Waals surface area contributed by atoms with Crippen LogP contribution in [0.1, 0.15) is 119 Å². The molecular weight excluding hydrogens is 464 g/mol. The first-order valence-corrected chi connectivity index (χ1v) is 16.1. The predicted molar refractivity (Wildman–Crippen MR) is 152 cm³/mol. The van der Waals surface area contributed by atoms with E-state index in [1.165, 1.54) is 63.9 Å². The number of aliphatic hydroxyl groups excluding tert-OH is 1. The van der Waals surface area contributed by atoms with Gasteiger partial charge in [-0.1, -0.05) is 77.3 Å². The fourth-order valence-corrected chi connectivity index (χ4v) is 10.2. The average molecular weight is 519 g/mol. The minimum Gasteiger partial charge on any atom is -0.392 e. The maximum absolute atomic E-state index is 11.5. The van der Waals surface area contributed by atoms with Crippen LogP contribution >= 0.6 is 11.8 Å². The van der Waals surface area contributed by atoms with Crippen molar-refractivity contribution in [2.75, 3.05) is 5.75 Å². The number of aliphatic hydroxyl groups is 2. The molecular formula is C32H54O3S. The van der Waals surface area contributed by atoms with E-state index in [1.807, 2.05) is 0 Å². The summed E-state index contributed by atoms with van der Waals surface area (Å²) >= 11 is 1.16. The third-order valence-electron chi connectivity index (χ3n) is 11.6. The van der Waals surface area contributed by atoms with Gasteiger partial charge in [0.2, 0.25) is 0 Å². The lowest BCUT2D eigenvalue weighted by Crippen LogP contribution is -2.52. The third kappa shape index (κ3) is 5.67. The zero-order chi connectivity index (χ0) is 26.3. The zero-order valence-corrected chi connectivity index (χ0v) is 24.8. The molecule has 0 bridgehead atoms. The van der Waals surface area contributed by atoms with Crippen LogP contribution in [0.25, 0.3) is 0 Å². The number of allylic oxidation sites excluding steroid dienone is 1. The van der Waals surface area contributed by atoms with Gasteiger partial charge in [0.05, 0.1) is 11.7 Å². The summed E-state index contributed by atoms with van der Waals surface area (Å²) in [6.45, 7) is 14.0. The second-order valence-corrected chi connectivity index (χ2v) is 15.5. The van der Waals surface area contributed by atoms with Crippen LogP contribution in [-0.2, 0) is 4.79 Å². The zero-order valence-electron chi connectivity index (χ0n) is 24.0. The Morgan fingerprint density at radius 1 is 1.08 bits per heavy atom. The summed E-state index contributed by atoms with van der Waals surface area (Å²) in [7, 11) is 0. The molecule has 0 amide bonds. The molecule has 0 aromatic heterocycles. The average Bonchev–Trinajstić information content (AvgIpc) is 3.15. The molecule has 4 aliphatic rings. The monoisotopic (exact) mass is 518 g/mol. The van der Waals surface area contributed by atoms with Crippen molar-refractivity contribution >= 4 is 16.9 Å². The Kier molecular flexibility index (Phi) is 8.80. The van der Waals surface area contributed by atoms with E-state index >= 15 is 0 Å². The molecule has 4 aliphatic carbocycles. The summed E-state index contributed by atoms with van der Waals surface area (Å²) in [5, 5.41) is 22.0. The lowest BCUT2D eigenvalue weighted by Gasteiger charge is -2.59. The topological polar surface area (TPSA) is 57.5 Å². The minimum absolute atomic E-state index is 0.0293. The van der Waals surface area contributed by atoms with Gasteiger partial charge >= 0.3 is 0 Å². The van der Waals surface area contributed by atoms with Crippen LogP contribution in [0.4, 0.5) is 0 Å². The van der Waals surface area contributed by atoms with E-state index in [0.29, 0.717) is 24.0 Å². The van der Waals surface area contributed by atoms with Gasteiger partial charge in [0.1, 0.15) is 0 Å². The van der Waals surface area contributed by atoms with Gasteiger partial charge in [0.25, 0.3) is 0 Å². The molecule has 2 N–H and O–H groups in total. The quantitative estimate of drug-likeness (QED) is 0.306. The number of fused-ring (bicyclic) bond motifs is 5. The van der Waals surface area contributed by atoms with Crippen LogP contribution in [0.5, 0.6) is 0 Å². The summed E-state index contributed by atoms with van der Waals surface area (Å²) in [5.74, 6) is 5.34. The maximum Gasteiger partial charge on any atom is 0.185 e. The van der Waals surface area contributed by atoms with Crippen molar-refractivity contribution in [3.05, 3.63) is 11.6 Å². The lowest BCUT2D eigenvalue weighted by molar-refractivity contribution is -0.109. The largest absolute Gasteiger partial charge is 0.392 e. The molecule has 0 spiro atoms. The molecule has 0 aliphatic heterocycles. The van der Waals surface area contributed by atoms with Gasteiger partial charge in [-0.3, -0.25) is 4.79 Å². The smallest absolute Gasteiger partial charge is 0.185 e. The van der Waals surface area contributed by atoms with Crippen LogP contribution < -0.4 is 0 Å². The van der Waals surface area contributed by atoms with Crippen LogP contribution in [-0.4, -0.2) is 32.8 Å². The Hall–Kier alpha value is -0.320. The highest BCUT2D eigenvalue weighted by Gasteiger charge is 2.60. The van der Waals surface area contributed by atoms with Crippen molar-refractivity contribution in [1.29, 1.82) is 0 Å². The van der Waals surface area contributed by atoms with Crippen LogP contribution in [0.15, 0.2) is 11.6 Å². The van der Waals surface area contributed by atoms with E-state index in [9.17, 15) is 15.0 Å². The van der Waals surface area contributed by atoms with E-state index in [4.69, 9.17) is 0 Å². The molecule has 4 heteroatoms. The molecule has 206 valence electrons. The Morgan fingerprint density at radius 3 is 2.53 bits per heavy atom. The Balaban J connectivity index is 1.43. The summed E-state index contributed by atoms with van der Waals surface area (Å²) in [5.41, 5.74) is 1.34. The molecule has 36 heavy (non-hydrogen) atoms. The van der Waals surface area contributed by atoms with Gasteiger partial charge in [0, 0.05) is 19.1 Å². The van der Waals surface area contributed by atoms with Crippen molar-refractivity contribution in [2.45, 2.75) is 130 Å². The number of thioether (sulfide) groups is 1. The first-order chi connectivity index (χ1) is 16.9. The molecule has 3 nitrogen and oxygen atoms in total. The molecule has 0 aromatic carbocycles. The Bertz CT molecular complexity index is 822. The fraction of sp³-hybridized carbons (Fsp3) is 0.906. The van der Waals surface area contributed by atoms with E-state index in [2.05, 4.69) is 40.7 Å². The van der Waals surface area contributed by atoms with Crippen LogP contribution in [0.2, 0.25) is 0 Å². The highest BCUT2D eigenvalue weighted by atomic mass is 32.2. The van der Waals surface area contributed by atoms with E-state index in [-0.39, 0.29) is 10.5 Å². The molecule has 9 atom stereocenters. The lowest BCUT2D eigenvalue weighted by atomic mass is 9.46. The first-order valence-electron chi connectivity index (χ1n) is 15.1. The number of carbonyl (C=O) groups excluding carboxylic acids is 1. The van der Waals surface area contributed by atoms with Crippen molar-refractivity contribution in [1.82, 2.24) is 0 Å². The molecule has 3 saturated carbocycles. The molecule has 0 heterocycles. The van der Waals surface area contributed by atoms with E-state index in [0.717, 1.165) is 60.1 Å². The van der Waals surface area contributed by atoms with Crippen molar-refractivity contribution in [3.8, 4) is 0 Å². The van der Waals surface area contributed by atoms with E-state index in [1.54, 1.807) is 0 Å². The molecule has 0 aromatic rings. The van der Waals surface area contributed by atoms with Gasteiger partial charge in [-0.05, 0) is 97.7 Å². The van der Waals surface area contributed by atoms with E-state index < -0.39 is 11.7 Å². The number of hydrogen-bond acceptors (Lipinski definition) is 4. The number of carbonyl (C=O) groups is 1. The van der Waals surface area contributed by atoms with Crippen LogP contribution in [0, 0.1) is 46.3 Å². The Morgan fingerprint density at radius 2 is 1.83 bits per heavy atom. The summed E-state index contributed by atoms with van der Waals surface area (Å²) < 4.78 is 0. The second-order valence-electron chi connectivity index (χ2n) is 14.4. The fourth-order valence-electron chi connectivity index (χ4n) is 9.62. The van der Waals surface area contributed by atoms with Gasteiger partial charge in [-0.15, -0.1) is 0 Å². The predicted octanol–water partition coefficient (Wildman–Crippen LogP) is 7.79. The number of hydrogen-bond donors (Lipinski definition) is 2. The van der Waals surface area contributed by atoms with Crippen molar-refractivity contribution < 1.29 is 15.0 Å². The number of rotatable bonds is 9. The summed E-state index contributed by atoms with van der Waals surface area (Å²) in [4.78, 5) is 11.3. The van der Waals surface area contributed by atoms with Gasteiger partial charge in [-0.2, -0.15) is 0 Å². The molecule has 0 radical (unpaired) electrons. The third-order valence-corrected chi connectivity index (χ3v) is 12.5. The Labute approximate surface area is 225 Å². The van der Waals surface area contributed by atoms with Gasteiger partial charge < -0.3 is 10.2 Å². The first kappa shape index (κ1) is 28.7. The maximum atomic E-state index is 11.5. The normalized spacial score (nSPS) is 41.8. The standard InChI is InChI=1S/C32H54O3S/c1-21(2)8-7-9-22(3)27-12-13-28-26-11-10-24-18-32(35,19-25(34)20-36-23(4)33)17-16-30(24,5)29(26)14-15-31(27,28)6/h10,21-22,25-29,34-35H,7-9,11-20H2,1-6H3/t22-,25?,26+,27-,28+,29+,30+,31-,32?/m1/s1. The van der Waals surface area contributed by atoms with Gasteiger partial charge in [0.15, 0.2) is 5.12 Å². The van der Waals surface area contributed by atoms with Crippen molar-refractivity contribution in [2.24, 2.45) is 46.3 Å². The van der Waals surface area contributed by atoms with Crippen molar-refractivity contribution in [3.63, 3.8) is 0 Å². The molecule has 4 rings (SSSR count). The van der Waals surface area contributed by atoms with Gasteiger partial charge in [-0.25, -0.2) is 0 Å². The molecule has 0 saturated heterocycles. The summed E-state index contributed by atoms with van der Waals surface area (Å²) in [6, 6.07) is 0. The molecule has 2 unspecified atom stereocenters. The highest BCUT2D eigenvalue weighted by Crippen LogP contribution is 2.68. The second kappa shape index (κ2) is 11.0. The highest BCUT2D eigenvalue weighted by molar-refractivity contribution is 8.13. The SMILES string of the molecule is CC(=O)SCC(O)CC1(O)CC[C@@]2(C)C(=CC[C@H]3[C@@H]4CC[C@H]([C@H](C)CCCC(C)C)[C@@]4(C)CC[C@@H]32)C1. The van der Waals surface area contributed by atoms with Crippen LogP contribution in [0.3, 0.4) is 0 Å².